The maximum absolute atomic E-state index is 13.9. The topological polar surface area (TPSA) is 41.5 Å². The number of carbonyl (C=O) groups excluding carboxylic acids is 1. The van der Waals surface area contributed by atoms with Gasteiger partial charge < -0.3 is 5.32 Å². The van der Waals surface area contributed by atoms with E-state index in [0.717, 1.165) is 0 Å². The summed E-state index contributed by atoms with van der Waals surface area (Å²) in [5, 5.41) is 2.89. The van der Waals surface area contributed by atoms with Gasteiger partial charge in [0.25, 0.3) is 0 Å². The highest BCUT2D eigenvalue weighted by Gasteiger charge is 2.36. The predicted octanol–water partition coefficient (Wildman–Crippen LogP) is 3.45. The third-order valence-corrected chi connectivity index (χ3v) is 7.96. The molecule has 0 saturated heterocycles. The number of hydrogen-bond donors (Lipinski definition) is 1. The minimum atomic E-state index is -1.71. The van der Waals surface area contributed by atoms with E-state index >= 15 is 0 Å². The molecule has 1 aliphatic rings. The van der Waals surface area contributed by atoms with Crippen molar-refractivity contribution in [1.82, 2.24) is 5.32 Å². The first-order valence-electron chi connectivity index (χ1n) is 5.69. The molecule has 1 N–H and O–H groups in total. The molecule has 1 amide bonds. The number of amides is 1. The van der Waals surface area contributed by atoms with Crippen molar-refractivity contribution in [3.05, 3.63) is 45.0 Å². The molecule has 0 atom stereocenters. The van der Waals surface area contributed by atoms with E-state index in [1.54, 1.807) is 0 Å². The van der Waals surface area contributed by atoms with Crippen LogP contribution in [-0.4, -0.2) is 23.5 Å². The van der Waals surface area contributed by atoms with Gasteiger partial charge in [0.1, 0.15) is 11.6 Å². The van der Waals surface area contributed by atoms with Crippen LogP contribution in [0.15, 0.2) is 32.8 Å². The Morgan fingerprint density at radius 3 is 2.35 bits per heavy atom. The van der Waals surface area contributed by atoms with E-state index in [4.69, 9.17) is 0 Å². The monoisotopic (exact) mass is 362 g/mol. The van der Waals surface area contributed by atoms with Crippen molar-refractivity contribution in [2.45, 2.75) is 6.92 Å². The lowest BCUT2D eigenvalue weighted by Gasteiger charge is -2.28. The summed E-state index contributed by atoms with van der Waals surface area (Å²) in [4.78, 5) is 15.4. The third-order valence-electron chi connectivity index (χ3n) is 2.80. The number of rotatable bonds is 2. The average molecular weight is 363 g/mol. The van der Waals surface area contributed by atoms with Gasteiger partial charge in [-0.15, -0.1) is 0 Å². The molecule has 0 aliphatic carbocycles. The van der Waals surface area contributed by atoms with Gasteiger partial charge in [-0.2, -0.15) is 10.0 Å². The van der Waals surface area contributed by atoms with Crippen LogP contribution >= 0.6 is 26.0 Å². The minimum Gasteiger partial charge on any atom is -0.310 e. The molecule has 1 aliphatic heterocycles. The lowest BCUT2D eigenvalue weighted by atomic mass is 10.2. The number of nitrogens with one attached hydrogen (secondary N) is 1. The van der Waals surface area contributed by atoms with Crippen molar-refractivity contribution in [1.29, 1.82) is 0 Å². The van der Waals surface area contributed by atoms with E-state index < -0.39 is 21.7 Å². The summed E-state index contributed by atoms with van der Waals surface area (Å²) in [5.74, 6) is -1.29. The molecule has 0 spiro atoms. The molecule has 1 aromatic rings. The second-order valence-electron chi connectivity index (χ2n) is 4.64. The van der Waals surface area contributed by atoms with Crippen molar-refractivity contribution in [3.8, 4) is 0 Å². The summed E-state index contributed by atoms with van der Waals surface area (Å²) < 4.78 is 28.5. The highest BCUT2D eigenvalue weighted by molar-refractivity contribution is 9.15. The van der Waals surface area contributed by atoms with Crippen LogP contribution in [0.5, 0.6) is 0 Å². The largest absolute Gasteiger partial charge is 0.310 e. The van der Waals surface area contributed by atoms with Crippen LogP contribution in [-0.2, 0) is 4.79 Å². The van der Waals surface area contributed by atoms with Crippen LogP contribution in [0.2, 0.25) is 0 Å². The van der Waals surface area contributed by atoms with Crippen molar-refractivity contribution in [3.63, 3.8) is 0 Å². The minimum absolute atomic E-state index is 0.134. The fourth-order valence-electron chi connectivity index (χ4n) is 1.84. The predicted molar refractivity (Wildman–Crippen MR) is 82.1 cm³/mol. The third kappa shape index (κ3) is 2.52. The van der Waals surface area contributed by atoms with Crippen LogP contribution in [0.1, 0.15) is 12.5 Å². The van der Waals surface area contributed by atoms with Crippen LogP contribution in [0.4, 0.5) is 8.78 Å². The Hall–Kier alpha value is -1.21. The Balaban J connectivity index is 2.57. The molecule has 1 aromatic carbocycles. The van der Waals surface area contributed by atoms with Gasteiger partial charge >= 0.3 is 0 Å². The van der Waals surface area contributed by atoms with Crippen LogP contribution < -0.4 is 5.32 Å². The summed E-state index contributed by atoms with van der Waals surface area (Å²) in [6.07, 6.45) is 3.72. The molecule has 1 heterocycles. The second kappa shape index (κ2) is 5.29. The number of aliphatic imine (C=N–C) groups is 1. The zero-order valence-electron chi connectivity index (χ0n) is 11.1. The molecule has 7 heteroatoms. The van der Waals surface area contributed by atoms with Crippen LogP contribution in [0.3, 0.4) is 0 Å². The number of nitrogens with zero attached hydrogens (tertiary/aromatic N) is 1. The quantitative estimate of drug-likeness (QED) is 0.859. The highest BCUT2D eigenvalue weighted by Crippen LogP contribution is 2.59. The Kier molecular flexibility index (Phi) is 4.02. The summed E-state index contributed by atoms with van der Waals surface area (Å²) in [7, 11) is -1.71. The Labute approximate surface area is 125 Å². The lowest BCUT2D eigenvalue weighted by molar-refractivity contribution is -0.118. The Morgan fingerprint density at radius 1 is 1.30 bits per heavy atom. The SMILES string of the molecule is CC(=O)NC1=C(Br)S(C)(C)C(c2c(F)cccc2F)=N1. The maximum atomic E-state index is 13.9. The van der Waals surface area contributed by atoms with Gasteiger partial charge in [0.15, 0.2) is 5.82 Å². The Morgan fingerprint density at radius 2 is 1.85 bits per heavy atom. The number of carbonyl (C=O) groups is 1. The van der Waals surface area contributed by atoms with Gasteiger partial charge in [-0.1, -0.05) is 6.07 Å². The number of benzene rings is 1. The van der Waals surface area contributed by atoms with Gasteiger partial charge in [0.2, 0.25) is 5.91 Å². The smallest absolute Gasteiger partial charge is 0.222 e. The van der Waals surface area contributed by atoms with Crippen LogP contribution in [0, 0.1) is 11.6 Å². The van der Waals surface area contributed by atoms with Crippen LogP contribution in [0.25, 0.3) is 0 Å². The van der Waals surface area contributed by atoms with E-state index in [2.05, 4.69) is 26.2 Å². The summed E-state index contributed by atoms with van der Waals surface area (Å²) in [6.45, 7) is 1.35. The fourth-order valence-corrected chi connectivity index (χ4v) is 4.27. The highest BCUT2D eigenvalue weighted by atomic mass is 79.9. The zero-order chi connectivity index (χ0) is 15.1. The van der Waals surface area contributed by atoms with E-state index in [0.29, 0.717) is 14.7 Å². The lowest BCUT2D eigenvalue weighted by Crippen LogP contribution is -2.17. The standard InChI is InChI=1S/C13H13BrF2N2OS/c1-7(19)17-12-11(14)20(2,3)13(18-12)10-8(15)5-4-6-9(10)16/h4-6H,1-3H3,(H,17,19). The molecule has 3 nitrogen and oxygen atoms in total. The van der Waals surface area contributed by atoms with E-state index in [9.17, 15) is 13.6 Å². The molecule has 0 radical (unpaired) electrons. The van der Waals surface area contributed by atoms with E-state index in [1.165, 1.54) is 25.1 Å². The summed E-state index contributed by atoms with van der Waals surface area (Å²) in [6, 6.07) is 3.70. The van der Waals surface area contributed by atoms with Crippen molar-refractivity contribution < 1.29 is 13.6 Å². The molecular weight excluding hydrogens is 350 g/mol. The normalized spacial score (nSPS) is 18.8. The molecule has 2 rings (SSSR count). The van der Waals surface area contributed by atoms with Crippen molar-refractivity contribution >= 4 is 36.9 Å². The Bertz CT molecular complexity index is 636. The molecule has 108 valence electrons. The van der Waals surface area contributed by atoms with Gasteiger partial charge in [-0.05, 0) is 40.6 Å². The molecule has 0 saturated carbocycles. The molecule has 20 heavy (non-hydrogen) atoms. The van der Waals surface area contributed by atoms with E-state index in [-0.39, 0.29) is 11.5 Å². The summed E-state index contributed by atoms with van der Waals surface area (Å²) in [5.41, 5.74) is -0.134. The first kappa shape index (κ1) is 15.2. The molecule has 0 fully saturated rings. The molecule has 0 unspecified atom stereocenters. The average Bonchev–Trinajstić information content (AvgIpc) is 2.53. The molecular formula is C13H13BrF2N2OS. The zero-order valence-corrected chi connectivity index (χ0v) is 13.5. The second-order valence-corrected chi connectivity index (χ2v) is 9.41. The van der Waals surface area contributed by atoms with Crippen molar-refractivity contribution in [2.75, 3.05) is 12.5 Å². The first-order valence-corrected chi connectivity index (χ1v) is 8.93. The summed E-state index contributed by atoms with van der Waals surface area (Å²) >= 11 is 3.38. The molecule has 0 aromatic heterocycles. The van der Waals surface area contributed by atoms with Crippen molar-refractivity contribution in [2.24, 2.45) is 4.99 Å². The number of hydrogen-bond acceptors (Lipinski definition) is 2. The van der Waals surface area contributed by atoms with Gasteiger partial charge in [-0.3, -0.25) is 4.79 Å². The van der Waals surface area contributed by atoms with Gasteiger partial charge in [0.05, 0.1) is 14.4 Å². The molecule has 0 bridgehead atoms. The van der Waals surface area contributed by atoms with E-state index in [1.807, 2.05) is 12.5 Å². The first-order chi connectivity index (χ1) is 9.25. The number of halogens is 3. The van der Waals surface area contributed by atoms with Gasteiger partial charge in [0, 0.05) is 6.92 Å². The fraction of sp³-hybridized carbons (Fsp3) is 0.231. The van der Waals surface area contributed by atoms with Gasteiger partial charge in [-0.25, -0.2) is 13.8 Å². The maximum Gasteiger partial charge on any atom is 0.222 e.